The molecule has 1 atom stereocenters. The molecule has 0 spiro atoms. The monoisotopic (exact) mass is 266 g/mol. The third kappa shape index (κ3) is 2.93. The summed E-state index contributed by atoms with van der Waals surface area (Å²) in [5.41, 5.74) is 1.30. The summed E-state index contributed by atoms with van der Waals surface area (Å²) in [5.74, 6) is 0.300. The van der Waals surface area contributed by atoms with E-state index < -0.39 is 0 Å². The molecule has 1 saturated heterocycles. The molecule has 0 unspecified atom stereocenters. The SMILES string of the molecule is CC(C)N1CCC[C@H](N(C)Cc2ccsc2)C1=O. The quantitative estimate of drug-likeness (QED) is 0.836. The summed E-state index contributed by atoms with van der Waals surface area (Å²) in [7, 11) is 2.06. The first kappa shape index (κ1) is 13.6. The predicted molar refractivity (Wildman–Crippen MR) is 75.7 cm³/mol. The average molecular weight is 266 g/mol. The molecule has 100 valence electrons. The lowest BCUT2D eigenvalue weighted by molar-refractivity contribution is -0.141. The Morgan fingerprint density at radius 1 is 1.56 bits per heavy atom. The summed E-state index contributed by atoms with van der Waals surface area (Å²) in [4.78, 5) is 16.6. The first-order valence-electron chi connectivity index (χ1n) is 6.61. The maximum Gasteiger partial charge on any atom is 0.240 e. The van der Waals surface area contributed by atoms with Gasteiger partial charge in [-0.05, 0) is 56.1 Å². The van der Waals surface area contributed by atoms with Gasteiger partial charge in [0.25, 0.3) is 0 Å². The van der Waals surface area contributed by atoms with Gasteiger partial charge in [-0.25, -0.2) is 0 Å². The third-order valence-electron chi connectivity index (χ3n) is 3.61. The highest BCUT2D eigenvalue weighted by atomic mass is 32.1. The lowest BCUT2D eigenvalue weighted by Gasteiger charge is -2.38. The van der Waals surface area contributed by atoms with Crippen molar-refractivity contribution in [1.82, 2.24) is 9.80 Å². The van der Waals surface area contributed by atoms with Crippen molar-refractivity contribution in [2.75, 3.05) is 13.6 Å². The zero-order valence-electron chi connectivity index (χ0n) is 11.4. The molecule has 1 aromatic rings. The second-order valence-electron chi connectivity index (χ2n) is 5.33. The number of amides is 1. The van der Waals surface area contributed by atoms with Gasteiger partial charge >= 0.3 is 0 Å². The summed E-state index contributed by atoms with van der Waals surface area (Å²) >= 11 is 1.71. The Balaban J connectivity index is 2.01. The molecule has 0 saturated carbocycles. The lowest BCUT2D eigenvalue weighted by atomic mass is 10.0. The van der Waals surface area contributed by atoms with Crippen molar-refractivity contribution in [3.8, 4) is 0 Å². The number of nitrogens with zero attached hydrogens (tertiary/aromatic N) is 2. The molecule has 0 bridgehead atoms. The highest BCUT2D eigenvalue weighted by Crippen LogP contribution is 2.20. The van der Waals surface area contributed by atoms with Gasteiger partial charge in [0.15, 0.2) is 0 Å². The van der Waals surface area contributed by atoms with Gasteiger partial charge in [0, 0.05) is 19.1 Å². The number of carbonyl (C=O) groups excluding carboxylic acids is 1. The molecular formula is C14H22N2OS. The van der Waals surface area contributed by atoms with E-state index in [-0.39, 0.29) is 6.04 Å². The van der Waals surface area contributed by atoms with Crippen LogP contribution in [0, 0.1) is 0 Å². The number of carbonyl (C=O) groups is 1. The summed E-state index contributed by atoms with van der Waals surface area (Å²) in [5, 5.41) is 4.25. The Morgan fingerprint density at radius 2 is 2.33 bits per heavy atom. The Kier molecular flexibility index (Phi) is 4.40. The van der Waals surface area contributed by atoms with Crippen LogP contribution in [-0.4, -0.2) is 41.4 Å². The van der Waals surface area contributed by atoms with Crippen molar-refractivity contribution in [2.45, 2.75) is 45.3 Å². The van der Waals surface area contributed by atoms with E-state index in [9.17, 15) is 4.79 Å². The van der Waals surface area contributed by atoms with E-state index in [1.807, 2.05) is 4.90 Å². The van der Waals surface area contributed by atoms with Crippen LogP contribution in [-0.2, 0) is 11.3 Å². The number of thiophene rings is 1. The van der Waals surface area contributed by atoms with Gasteiger partial charge in [-0.2, -0.15) is 11.3 Å². The van der Waals surface area contributed by atoms with Gasteiger partial charge < -0.3 is 4.90 Å². The molecule has 0 radical (unpaired) electrons. The minimum Gasteiger partial charge on any atom is -0.339 e. The number of likely N-dealkylation sites (tertiary alicyclic amines) is 1. The van der Waals surface area contributed by atoms with Gasteiger partial charge in [-0.1, -0.05) is 0 Å². The Morgan fingerprint density at radius 3 is 2.94 bits per heavy atom. The normalized spacial score (nSPS) is 21.1. The molecule has 1 amide bonds. The summed E-state index contributed by atoms with van der Waals surface area (Å²) < 4.78 is 0. The first-order valence-corrected chi connectivity index (χ1v) is 7.55. The number of likely N-dealkylation sites (N-methyl/N-ethyl adjacent to an activating group) is 1. The average Bonchev–Trinajstić information content (AvgIpc) is 2.81. The van der Waals surface area contributed by atoms with Crippen LogP contribution in [0.4, 0.5) is 0 Å². The second kappa shape index (κ2) is 5.85. The van der Waals surface area contributed by atoms with Crippen LogP contribution in [0.5, 0.6) is 0 Å². The molecule has 0 aromatic carbocycles. The van der Waals surface area contributed by atoms with E-state index in [0.717, 1.165) is 25.9 Å². The number of hydrogen-bond acceptors (Lipinski definition) is 3. The highest BCUT2D eigenvalue weighted by molar-refractivity contribution is 7.07. The van der Waals surface area contributed by atoms with E-state index in [1.54, 1.807) is 11.3 Å². The molecule has 0 N–H and O–H groups in total. The van der Waals surface area contributed by atoms with Gasteiger partial charge in [0.1, 0.15) is 0 Å². The summed E-state index contributed by atoms with van der Waals surface area (Å²) in [6, 6.07) is 2.50. The fourth-order valence-corrected chi connectivity index (χ4v) is 3.24. The van der Waals surface area contributed by atoms with Crippen LogP contribution in [0.15, 0.2) is 16.8 Å². The van der Waals surface area contributed by atoms with Gasteiger partial charge in [0.05, 0.1) is 6.04 Å². The zero-order valence-corrected chi connectivity index (χ0v) is 12.2. The largest absolute Gasteiger partial charge is 0.339 e. The molecule has 4 heteroatoms. The third-order valence-corrected chi connectivity index (χ3v) is 4.34. The fraction of sp³-hybridized carbons (Fsp3) is 0.643. The Hall–Kier alpha value is -0.870. The predicted octanol–water partition coefficient (Wildman–Crippen LogP) is 2.58. The van der Waals surface area contributed by atoms with E-state index in [4.69, 9.17) is 0 Å². The number of hydrogen-bond donors (Lipinski definition) is 0. The first-order chi connectivity index (χ1) is 8.59. The van der Waals surface area contributed by atoms with Crippen LogP contribution < -0.4 is 0 Å². The van der Waals surface area contributed by atoms with Crippen molar-refractivity contribution >= 4 is 17.2 Å². The smallest absolute Gasteiger partial charge is 0.240 e. The minimum absolute atomic E-state index is 0.0565. The van der Waals surface area contributed by atoms with Crippen molar-refractivity contribution in [2.24, 2.45) is 0 Å². The minimum atomic E-state index is 0.0565. The van der Waals surface area contributed by atoms with E-state index in [0.29, 0.717) is 11.9 Å². The number of piperidine rings is 1. The van der Waals surface area contributed by atoms with Crippen molar-refractivity contribution in [1.29, 1.82) is 0 Å². The lowest BCUT2D eigenvalue weighted by Crippen LogP contribution is -2.53. The Labute approximate surface area is 113 Å². The second-order valence-corrected chi connectivity index (χ2v) is 6.11. The summed E-state index contributed by atoms with van der Waals surface area (Å²) in [6.07, 6.45) is 2.10. The molecule has 1 fully saturated rings. The van der Waals surface area contributed by atoms with Crippen LogP contribution in [0.1, 0.15) is 32.3 Å². The molecule has 1 aliphatic rings. The summed E-state index contributed by atoms with van der Waals surface area (Å²) in [6.45, 7) is 5.98. The van der Waals surface area contributed by atoms with Gasteiger partial charge in [-0.3, -0.25) is 9.69 Å². The molecule has 18 heavy (non-hydrogen) atoms. The van der Waals surface area contributed by atoms with Crippen LogP contribution >= 0.6 is 11.3 Å². The highest BCUT2D eigenvalue weighted by Gasteiger charge is 2.32. The molecule has 2 heterocycles. The van der Waals surface area contributed by atoms with Crippen LogP contribution in [0.25, 0.3) is 0 Å². The van der Waals surface area contributed by atoms with Crippen molar-refractivity contribution in [3.05, 3.63) is 22.4 Å². The topological polar surface area (TPSA) is 23.6 Å². The molecule has 0 aliphatic carbocycles. The molecular weight excluding hydrogens is 244 g/mol. The van der Waals surface area contributed by atoms with Crippen molar-refractivity contribution in [3.63, 3.8) is 0 Å². The maximum atomic E-state index is 12.4. The van der Waals surface area contributed by atoms with Crippen molar-refractivity contribution < 1.29 is 4.79 Å². The van der Waals surface area contributed by atoms with E-state index in [2.05, 4.69) is 42.6 Å². The van der Waals surface area contributed by atoms with E-state index >= 15 is 0 Å². The molecule has 1 aromatic heterocycles. The van der Waals surface area contributed by atoms with E-state index in [1.165, 1.54) is 5.56 Å². The molecule has 3 nitrogen and oxygen atoms in total. The van der Waals surface area contributed by atoms with Gasteiger partial charge in [0.2, 0.25) is 5.91 Å². The number of rotatable bonds is 4. The zero-order chi connectivity index (χ0) is 13.1. The van der Waals surface area contributed by atoms with Gasteiger partial charge in [-0.15, -0.1) is 0 Å². The maximum absolute atomic E-state index is 12.4. The molecule has 1 aliphatic heterocycles. The molecule has 2 rings (SSSR count). The fourth-order valence-electron chi connectivity index (χ4n) is 2.58. The van der Waals surface area contributed by atoms with Crippen LogP contribution in [0.3, 0.4) is 0 Å². The Bertz CT molecular complexity index is 389. The standard InChI is InChI=1S/C14H22N2OS/c1-11(2)16-7-4-5-13(14(16)17)15(3)9-12-6-8-18-10-12/h6,8,10-11,13H,4-5,7,9H2,1-3H3/t13-/m0/s1. The van der Waals surface area contributed by atoms with Crippen LogP contribution in [0.2, 0.25) is 0 Å².